The summed E-state index contributed by atoms with van der Waals surface area (Å²) in [6.07, 6.45) is 9.34. The Morgan fingerprint density at radius 2 is 1.93 bits per heavy atom. The number of carbonyl (C=O) groups is 1. The predicted octanol–water partition coefficient (Wildman–Crippen LogP) is 5.01. The average Bonchev–Trinajstić information content (AvgIpc) is 3.65. The highest BCUT2D eigenvalue weighted by atomic mass is 32.2. The molecule has 3 heterocycles. The molecule has 1 aliphatic rings. The van der Waals surface area contributed by atoms with Crippen molar-refractivity contribution < 1.29 is 17.6 Å². The number of pyridine rings is 1. The summed E-state index contributed by atoms with van der Waals surface area (Å²) in [5, 5.41) is 8.39. The van der Waals surface area contributed by atoms with E-state index in [-0.39, 0.29) is 23.8 Å². The second-order valence-corrected chi connectivity index (χ2v) is 13.2. The molecule has 1 saturated carbocycles. The van der Waals surface area contributed by atoms with Crippen LogP contribution < -0.4 is 10.9 Å². The Morgan fingerprint density at radius 1 is 1.15 bits per heavy atom. The molecule has 5 rings (SSSR count). The fraction of sp³-hybridized carbons (Fsp3) is 0.433. The normalized spacial score (nSPS) is 14.3. The third-order valence-corrected chi connectivity index (χ3v) is 8.72. The first-order valence-corrected chi connectivity index (χ1v) is 15.9. The van der Waals surface area contributed by atoms with Crippen LogP contribution in [0, 0.1) is 13.8 Å². The van der Waals surface area contributed by atoms with E-state index in [1.165, 1.54) is 6.26 Å². The lowest BCUT2D eigenvalue weighted by Crippen LogP contribution is -2.28. The van der Waals surface area contributed by atoms with Gasteiger partial charge in [0.05, 0.1) is 23.3 Å². The number of carbonyl (C=O) groups excluding carboxylic acids is 1. The van der Waals surface area contributed by atoms with Gasteiger partial charge in [-0.3, -0.25) is 14.3 Å². The number of nitrogens with one attached hydrogen (secondary N) is 2. The Bertz CT molecular complexity index is 1710. The molecule has 0 radical (unpaired) electrons. The van der Waals surface area contributed by atoms with E-state index >= 15 is 0 Å². The molecule has 2 N–H and O–H groups in total. The lowest BCUT2D eigenvalue weighted by atomic mass is 10.0. The van der Waals surface area contributed by atoms with Crippen molar-refractivity contribution in [1.82, 2.24) is 20.1 Å². The van der Waals surface area contributed by atoms with Crippen LogP contribution in [0.3, 0.4) is 0 Å². The number of aromatic nitrogens is 3. The first-order chi connectivity index (χ1) is 19.1. The highest BCUT2D eigenvalue weighted by molar-refractivity contribution is 7.90. The Labute approximate surface area is 233 Å². The summed E-state index contributed by atoms with van der Waals surface area (Å²) >= 11 is 0. The van der Waals surface area contributed by atoms with Crippen LogP contribution in [0.2, 0.25) is 0 Å². The van der Waals surface area contributed by atoms with Crippen molar-refractivity contribution in [3.63, 3.8) is 0 Å². The van der Waals surface area contributed by atoms with Crippen LogP contribution >= 0.6 is 0 Å². The molecule has 212 valence electrons. The van der Waals surface area contributed by atoms with Crippen molar-refractivity contribution in [3.8, 4) is 11.3 Å². The molecule has 3 aromatic heterocycles. The van der Waals surface area contributed by atoms with E-state index in [2.05, 4.69) is 15.4 Å². The fourth-order valence-corrected chi connectivity index (χ4v) is 6.34. The van der Waals surface area contributed by atoms with Crippen LogP contribution in [0.15, 0.2) is 45.7 Å². The summed E-state index contributed by atoms with van der Waals surface area (Å²) < 4.78 is 31.0. The first-order valence-electron chi connectivity index (χ1n) is 13.8. The largest absolute Gasteiger partial charge is 0.461 e. The second-order valence-electron chi connectivity index (χ2n) is 11.0. The van der Waals surface area contributed by atoms with Crippen LogP contribution in [0.1, 0.15) is 77.5 Å². The zero-order valence-corrected chi connectivity index (χ0v) is 24.1. The van der Waals surface area contributed by atoms with Gasteiger partial charge in [-0.1, -0.05) is 12.8 Å². The average molecular weight is 565 g/mol. The molecule has 10 heteroatoms. The number of fused-ring (bicyclic) bond motifs is 1. The molecule has 0 bridgehead atoms. The van der Waals surface area contributed by atoms with Crippen molar-refractivity contribution in [2.24, 2.45) is 0 Å². The minimum Gasteiger partial charge on any atom is -0.461 e. The molecular weight excluding hydrogens is 528 g/mol. The van der Waals surface area contributed by atoms with Crippen molar-refractivity contribution in [2.75, 3.05) is 12.0 Å². The van der Waals surface area contributed by atoms with Gasteiger partial charge >= 0.3 is 0 Å². The molecule has 4 aromatic rings. The molecule has 0 unspecified atom stereocenters. The summed E-state index contributed by atoms with van der Waals surface area (Å²) in [4.78, 5) is 28.9. The fourth-order valence-electron chi connectivity index (χ4n) is 5.61. The van der Waals surface area contributed by atoms with E-state index in [9.17, 15) is 18.0 Å². The van der Waals surface area contributed by atoms with Crippen LogP contribution in [-0.2, 0) is 22.8 Å². The second kappa shape index (κ2) is 11.4. The van der Waals surface area contributed by atoms with Gasteiger partial charge in [-0.2, -0.15) is 5.10 Å². The monoisotopic (exact) mass is 564 g/mol. The molecule has 0 aliphatic heterocycles. The van der Waals surface area contributed by atoms with Crippen LogP contribution in [0.25, 0.3) is 22.2 Å². The number of rotatable bonds is 10. The van der Waals surface area contributed by atoms with E-state index in [0.717, 1.165) is 59.2 Å². The van der Waals surface area contributed by atoms with E-state index in [1.54, 1.807) is 6.20 Å². The predicted molar refractivity (Wildman–Crippen MR) is 155 cm³/mol. The SMILES string of the molecule is Cc1cc(C)c(CNC(=O)c2cc(-c3ccc(CCCCS(C)(=O)=O)o3)cc3c2cnn3C2CCCC2)c(=O)[nH]1. The van der Waals surface area contributed by atoms with Crippen molar-refractivity contribution in [3.05, 3.63) is 75.0 Å². The quantitative estimate of drug-likeness (QED) is 0.261. The lowest BCUT2D eigenvalue weighted by molar-refractivity contribution is 0.0952. The Morgan fingerprint density at radius 3 is 2.65 bits per heavy atom. The van der Waals surface area contributed by atoms with Crippen LogP contribution in [-0.4, -0.2) is 41.1 Å². The number of amides is 1. The third-order valence-electron chi connectivity index (χ3n) is 7.69. The minimum absolute atomic E-state index is 0.112. The van der Waals surface area contributed by atoms with Gasteiger partial charge in [0.25, 0.3) is 11.5 Å². The highest BCUT2D eigenvalue weighted by Crippen LogP contribution is 2.35. The molecule has 0 atom stereocenters. The highest BCUT2D eigenvalue weighted by Gasteiger charge is 2.23. The number of H-pyrrole nitrogens is 1. The maximum atomic E-state index is 13.6. The number of aryl methyl sites for hydroxylation is 3. The standard InChI is InChI=1S/C30H36N4O5S/c1-19-14-20(2)33-30(36)25(19)17-31-29(35)24-15-21(16-27-26(24)18-32-34(27)22-8-4-5-9-22)28-12-11-23(39-28)10-6-7-13-40(3,37)38/h11-12,14-16,18,22H,4-10,13,17H2,1-3H3,(H,31,35)(H,33,36). The van der Waals surface area contributed by atoms with Gasteiger partial charge in [0.15, 0.2) is 0 Å². The summed E-state index contributed by atoms with van der Waals surface area (Å²) in [6, 6.07) is 9.82. The number of aromatic amines is 1. The maximum Gasteiger partial charge on any atom is 0.253 e. The van der Waals surface area contributed by atoms with Crippen LogP contribution in [0.5, 0.6) is 0 Å². The zero-order valence-electron chi connectivity index (χ0n) is 23.2. The van der Waals surface area contributed by atoms with Gasteiger partial charge in [0.1, 0.15) is 21.4 Å². The lowest BCUT2D eigenvalue weighted by Gasteiger charge is -2.13. The Hall–Kier alpha value is -3.66. The summed E-state index contributed by atoms with van der Waals surface area (Å²) in [5.74, 6) is 1.28. The van der Waals surface area contributed by atoms with E-state index < -0.39 is 9.84 Å². The maximum absolute atomic E-state index is 13.6. The number of nitrogens with zero attached hydrogens (tertiary/aromatic N) is 2. The van der Waals surface area contributed by atoms with Crippen molar-refractivity contribution in [2.45, 2.75) is 71.4 Å². The minimum atomic E-state index is -2.98. The molecule has 9 nitrogen and oxygen atoms in total. The molecule has 1 aliphatic carbocycles. The van der Waals surface area contributed by atoms with Crippen molar-refractivity contribution in [1.29, 1.82) is 0 Å². The van der Waals surface area contributed by atoms with E-state index in [0.29, 0.717) is 42.2 Å². The third kappa shape index (κ3) is 6.22. The number of sulfone groups is 1. The summed E-state index contributed by atoms with van der Waals surface area (Å²) in [5.41, 5.74) is 4.05. The topological polar surface area (TPSA) is 127 Å². The van der Waals surface area contributed by atoms with E-state index in [4.69, 9.17) is 4.42 Å². The van der Waals surface area contributed by atoms with Gasteiger partial charge < -0.3 is 14.7 Å². The van der Waals surface area contributed by atoms with Crippen LogP contribution in [0.4, 0.5) is 0 Å². The summed E-state index contributed by atoms with van der Waals surface area (Å²) in [7, 11) is -2.98. The number of furan rings is 1. The van der Waals surface area contributed by atoms with Crippen molar-refractivity contribution >= 4 is 26.6 Å². The smallest absolute Gasteiger partial charge is 0.253 e. The van der Waals surface area contributed by atoms with Gasteiger partial charge in [-0.05, 0) is 75.4 Å². The molecule has 0 spiro atoms. The number of hydrogen-bond donors (Lipinski definition) is 2. The zero-order chi connectivity index (χ0) is 28.4. The molecule has 1 aromatic carbocycles. The van der Waals surface area contributed by atoms with Gasteiger partial charge in [0.2, 0.25) is 0 Å². The molecule has 40 heavy (non-hydrogen) atoms. The van der Waals surface area contributed by atoms with Gasteiger partial charge in [-0.15, -0.1) is 0 Å². The Balaban J connectivity index is 1.44. The van der Waals surface area contributed by atoms with Gasteiger partial charge in [-0.25, -0.2) is 8.42 Å². The molecule has 1 fully saturated rings. The van der Waals surface area contributed by atoms with Gasteiger partial charge in [0, 0.05) is 47.2 Å². The summed E-state index contributed by atoms with van der Waals surface area (Å²) in [6.45, 7) is 3.81. The molecular formula is C30H36N4O5S. The number of unbranched alkanes of at least 4 members (excludes halogenated alkanes) is 1. The number of hydrogen-bond acceptors (Lipinski definition) is 6. The molecule has 1 amide bonds. The molecule has 0 saturated heterocycles. The number of benzene rings is 1. The first kappa shape index (κ1) is 27.9. The van der Waals surface area contributed by atoms with E-state index in [1.807, 2.05) is 48.9 Å². The Kier molecular flexibility index (Phi) is 7.98.